The largest absolute Gasteiger partial charge is 0.343 e. The fraction of sp³-hybridized carbons (Fsp3) is 0.318. The maximum atomic E-state index is 12.5. The van der Waals surface area contributed by atoms with Crippen LogP contribution in [0.5, 0.6) is 0 Å². The Hall–Kier alpha value is -2.15. The molecule has 1 aliphatic rings. The van der Waals surface area contributed by atoms with Crippen LogP contribution in [0.15, 0.2) is 53.0 Å². The van der Waals surface area contributed by atoms with E-state index in [1.165, 1.54) is 22.2 Å². The summed E-state index contributed by atoms with van der Waals surface area (Å²) in [5.41, 5.74) is 11.5. The molecule has 2 aromatic carbocycles. The number of carbonyl (C=O) groups is 1. The van der Waals surface area contributed by atoms with Gasteiger partial charge in [0.05, 0.1) is 18.6 Å². The molecule has 2 atom stereocenters. The number of aryl methyl sites for hydroxylation is 2. The first-order valence-corrected chi connectivity index (χ1v) is 10.5. The summed E-state index contributed by atoms with van der Waals surface area (Å²) in [4.78, 5) is 12.5. The quantitative estimate of drug-likeness (QED) is 0.562. The molecule has 1 aliphatic heterocycles. The van der Waals surface area contributed by atoms with E-state index in [-0.39, 0.29) is 18.1 Å². The van der Waals surface area contributed by atoms with Crippen molar-refractivity contribution in [3.05, 3.63) is 69.8 Å². The zero-order valence-corrected chi connectivity index (χ0v) is 17.7. The van der Waals surface area contributed by atoms with Crippen LogP contribution in [0, 0.1) is 6.92 Å². The number of halogens is 1. The molecule has 1 aromatic heterocycles. The van der Waals surface area contributed by atoms with Crippen molar-refractivity contribution in [3.63, 3.8) is 0 Å². The van der Waals surface area contributed by atoms with Gasteiger partial charge in [-0.3, -0.25) is 4.79 Å². The number of hydrogen-bond donors (Lipinski definition) is 3. The summed E-state index contributed by atoms with van der Waals surface area (Å²) in [6.07, 6.45) is 1.07. The molecule has 146 valence electrons. The van der Waals surface area contributed by atoms with Gasteiger partial charge in [0.1, 0.15) is 0 Å². The molecule has 3 aromatic rings. The van der Waals surface area contributed by atoms with Crippen molar-refractivity contribution >= 4 is 32.7 Å². The number of rotatable bonds is 5. The Kier molecular flexibility index (Phi) is 5.53. The maximum Gasteiger partial charge on any atom is 0.225 e. The number of fused-ring (bicyclic) bond motifs is 1. The summed E-state index contributed by atoms with van der Waals surface area (Å²) in [6, 6.07) is 16.5. The van der Waals surface area contributed by atoms with Crippen LogP contribution in [0.3, 0.4) is 0 Å². The third-order valence-electron chi connectivity index (χ3n) is 5.47. The number of amides is 1. The topological polar surface area (TPSA) is 58.1 Å². The van der Waals surface area contributed by atoms with Crippen LogP contribution in [-0.2, 0) is 17.8 Å². The van der Waals surface area contributed by atoms with Gasteiger partial charge in [0.25, 0.3) is 0 Å². The van der Waals surface area contributed by atoms with Gasteiger partial charge in [0, 0.05) is 34.0 Å². The lowest BCUT2D eigenvalue weighted by Crippen LogP contribution is -2.44. The van der Waals surface area contributed by atoms with Gasteiger partial charge in [-0.25, -0.2) is 10.9 Å². The van der Waals surface area contributed by atoms with Gasteiger partial charge in [-0.05, 0) is 37.1 Å². The minimum absolute atomic E-state index is 0.0135. The molecule has 5 nitrogen and oxygen atoms in total. The van der Waals surface area contributed by atoms with E-state index in [9.17, 15) is 4.79 Å². The zero-order chi connectivity index (χ0) is 19.7. The fourth-order valence-corrected chi connectivity index (χ4v) is 4.60. The molecule has 2 heterocycles. The van der Waals surface area contributed by atoms with Gasteiger partial charge in [-0.1, -0.05) is 52.3 Å². The average molecular weight is 441 g/mol. The lowest BCUT2D eigenvalue weighted by molar-refractivity contribution is -0.121. The monoisotopic (exact) mass is 440 g/mol. The van der Waals surface area contributed by atoms with Gasteiger partial charge in [0.15, 0.2) is 0 Å². The molecule has 3 N–H and O–H groups in total. The maximum absolute atomic E-state index is 12.5. The number of benzene rings is 2. The summed E-state index contributed by atoms with van der Waals surface area (Å²) >= 11 is 3.51. The molecule has 0 spiro atoms. The van der Waals surface area contributed by atoms with Crippen LogP contribution in [0.1, 0.15) is 36.2 Å². The number of nitrogens with zero attached hydrogens (tertiary/aromatic N) is 1. The number of carbonyl (C=O) groups excluding carboxylic acids is 1. The Morgan fingerprint density at radius 1 is 1.18 bits per heavy atom. The van der Waals surface area contributed by atoms with Crippen LogP contribution in [-0.4, -0.2) is 16.6 Å². The third-order valence-corrected chi connectivity index (χ3v) is 6.24. The molecule has 1 saturated heterocycles. The van der Waals surface area contributed by atoms with Gasteiger partial charge >= 0.3 is 0 Å². The molecular weight excluding hydrogens is 416 g/mol. The van der Waals surface area contributed by atoms with Crippen molar-refractivity contribution in [1.82, 2.24) is 20.7 Å². The predicted molar refractivity (Wildman–Crippen MR) is 116 cm³/mol. The number of para-hydroxylation sites is 1. The Balaban J connectivity index is 1.47. The van der Waals surface area contributed by atoms with E-state index in [1.54, 1.807) is 0 Å². The van der Waals surface area contributed by atoms with Crippen molar-refractivity contribution in [3.8, 4) is 0 Å². The SMILES string of the molecule is CCn1c(C2CC(NC(=O)Cc3ccccc3Br)NN2)c(C)c2ccccc21. The zero-order valence-electron chi connectivity index (χ0n) is 16.1. The van der Waals surface area contributed by atoms with Gasteiger partial charge in [-0.2, -0.15) is 0 Å². The molecule has 0 aliphatic carbocycles. The van der Waals surface area contributed by atoms with E-state index in [4.69, 9.17) is 0 Å². The number of hydrazine groups is 1. The summed E-state index contributed by atoms with van der Waals surface area (Å²) in [5.74, 6) is 0.0135. The van der Waals surface area contributed by atoms with Crippen molar-refractivity contribution in [2.45, 2.75) is 45.4 Å². The lowest BCUT2D eigenvalue weighted by atomic mass is 10.1. The Morgan fingerprint density at radius 3 is 2.71 bits per heavy atom. The molecule has 0 saturated carbocycles. The van der Waals surface area contributed by atoms with Crippen molar-refractivity contribution in [2.24, 2.45) is 0 Å². The second-order valence-corrected chi connectivity index (χ2v) is 8.09. The van der Waals surface area contributed by atoms with Crippen LogP contribution in [0.25, 0.3) is 10.9 Å². The normalized spacial score (nSPS) is 19.2. The first-order valence-electron chi connectivity index (χ1n) is 9.70. The molecule has 1 amide bonds. The molecule has 0 radical (unpaired) electrons. The minimum Gasteiger partial charge on any atom is -0.343 e. The molecule has 28 heavy (non-hydrogen) atoms. The third kappa shape index (κ3) is 3.60. The molecule has 2 unspecified atom stereocenters. The van der Waals surface area contributed by atoms with Crippen LogP contribution >= 0.6 is 15.9 Å². The van der Waals surface area contributed by atoms with E-state index in [2.05, 4.69) is 74.8 Å². The average Bonchev–Trinajstić information content (AvgIpc) is 3.25. The lowest BCUT2D eigenvalue weighted by Gasteiger charge is -2.15. The van der Waals surface area contributed by atoms with Crippen LogP contribution in [0.2, 0.25) is 0 Å². The summed E-state index contributed by atoms with van der Waals surface area (Å²) in [7, 11) is 0. The number of aromatic nitrogens is 1. The second-order valence-electron chi connectivity index (χ2n) is 7.24. The number of hydrogen-bond acceptors (Lipinski definition) is 3. The first kappa shape index (κ1) is 19.2. The van der Waals surface area contributed by atoms with E-state index in [1.807, 2.05) is 24.3 Å². The highest BCUT2D eigenvalue weighted by Crippen LogP contribution is 2.32. The molecular formula is C22H25BrN4O. The van der Waals surface area contributed by atoms with Crippen molar-refractivity contribution < 1.29 is 4.79 Å². The molecule has 4 rings (SSSR count). The second kappa shape index (κ2) is 8.07. The molecule has 0 bridgehead atoms. The fourth-order valence-electron chi connectivity index (χ4n) is 4.18. The van der Waals surface area contributed by atoms with Gasteiger partial charge in [0.2, 0.25) is 5.91 Å². The highest BCUT2D eigenvalue weighted by Gasteiger charge is 2.30. The van der Waals surface area contributed by atoms with Gasteiger partial charge in [-0.15, -0.1) is 0 Å². The predicted octanol–water partition coefficient (Wildman–Crippen LogP) is 3.96. The first-order chi connectivity index (χ1) is 13.6. The standard InChI is InChI=1S/C22H25BrN4O/c1-3-27-19-11-7-5-9-16(19)14(2)22(27)18-13-20(26-25-18)24-21(28)12-15-8-4-6-10-17(15)23/h4-11,18,20,25-26H,3,12-13H2,1-2H3,(H,24,28). The van der Waals surface area contributed by atoms with Crippen molar-refractivity contribution in [1.29, 1.82) is 0 Å². The highest BCUT2D eigenvalue weighted by molar-refractivity contribution is 9.10. The van der Waals surface area contributed by atoms with E-state index < -0.39 is 0 Å². The Bertz CT molecular complexity index is 1010. The van der Waals surface area contributed by atoms with E-state index in [0.717, 1.165) is 23.0 Å². The Labute approximate surface area is 173 Å². The molecule has 6 heteroatoms. The van der Waals surface area contributed by atoms with Crippen LogP contribution < -0.4 is 16.2 Å². The summed E-state index contributed by atoms with van der Waals surface area (Å²) < 4.78 is 3.33. The minimum atomic E-state index is -0.0947. The van der Waals surface area contributed by atoms with E-state index >= 15 is 0 Å². The summed E-state index contributed by atoms with van der Waals surface area (Å²) in [6.45, 7) is 5.28. The Morgan fingerprint density at radius 2 is 1.93 bits per heavy atom. The van der Waals surface area contributed by atoms with Gasteiger partial charge < -0.3 is 9.88 Å². The van der Waals surface area contributed by atoms with E-state index in [0.29, 0.717) is 6.42 Å². The molecule has 1 fully saturated rings. The number of nitrogens with one attached hydrogen (secondary N) is 3. The smallest absolute Gasteiger partial charge is 0.225 e. The van der Waals surface area contributed by atoms with Crippen LogP contribution in [0.4, 0.5) is 0 Å². The highest BCUT2D eigenvalue weighted by atomic mass is 79.9. The summed E-state index contributed by atoms with van der Waals surface area (Å²) in [5, 5.41) is 4.40. The van der Waals surface area contributed by atoms with Crippen molar-refractivity contribution in [2.75, 3.05) is 0 Å².